The lowest BCUT2D eigenvalue weighted by atomic mass is 9.89. The van der Waals surface area contributed by atoms with Gasteiger partial charge in [0.25, 0.3) is 5.92 Å². The Morgan fingerprint density at radius 2 is 1.87 bits per heavy atom. The van der Waals surface area contributed by atoms with Gasteiger partial charge in [0.15, 0.2) is 0 Å². The molecule has 1 N–H and O–H groups in total. The predicted molar refractivity (Wildman–Crippen MR) is 101 cm³/mol. The van der Waals surface area contributed by atoms with Crippen LogP contribution in [0.3, 0.4) is 0 Å². The number of aromatic nitrogens is 2. The van der Waals surface area contributed by atoms with Gasteiger partial charge in [-0.3, -0.25) is 4.90 Å². The lowest BCUT2D eigenvalue weighted by Crippen LogP contribution is -2.57. The summed E-state index contributed by atoms with van der Waals surface area (Å²) in [6.45, 7) is 0.664. The van der Waals surface area contributed by atoms with E-state index in [1.54, 1.807) is 37.3 Å². The van der Waals surface area contributed by atoms with Crippen molar-refractivity contribution in [3.05, 3.63) is 53.9 Å². The van der Waals surface area contributed by atoms with Gasteiger partial charge in [0.2, 0.25) is 5.95 Å². The number of carbonyl (C=O) groups is 1. The number of benzene rings is 1. The van der Waals surface area contributed by atoms with E-state index in [-0.39, 0.29) is 19.1 Å². The average molecular weight is 444 g/mol. The maximum absolute atomic E-state index is 14.1. The van der Waals surface area contributed by atoms with Crippen LogP contribution in [0, 0.1) is 5.92 Å². The van der Waals surface area contributed by atoms with Crippen LogP contribution in [-0.2, 0) is 17.5 Å². The summed E-state index contributed by atoms with van der Waals surface area (Å²) in [4.78, 5) is 20.7. The third-order valence-corrected chi connectivity index (χ3v) is 4.97. The first-order valence-corrected chi connectivity index (χ1v) is 9.53. The monoisotopic (exact) mass is 444 g/mol. The van der Waals surface area contributed by atoms with E-state index in [4.69, 9.17) is 4.74 Å². The molecular weight excluding hydrogens is 423 g/mol. The second kappa shape index (κ2) is 9.03. The van der Waals surface area contributed by atoms with Gasteiger partial charge in [0.05, 0.1) is 18.2 Å². The molecule has 0 saturated carbocycles. The highest BCUT2D eigenvalue weighted by atomic mass is 19.4. The van der Waals surface area contributed by atoms with Crippen molar-refractivity contribution in [3.8, 4) is 0 Å². The largest absolute Gasteiger partial charge is 0.445 e. The van der Waals surface area contributed by atoms with Gasteiger partial charge in [-0.25, -0.2) is 23.5 Å². The number of carbonyl (C=O) groups excluding carboxylic acids is 1. The lowest BCUT2D eigenvalue weighted by molar-refractivity contribution is -0.138. The molecule has 1 aromatic heterocycles. The van der Waals surface area contributed by atoms with Crippen molar-refractivity contribution in [3.63, 3.8) is 0 Å². The van der Waals surface area contributed by atoms with Crippen molar-refractivity contribution >= 4 is 12.0 Å². The Bertz CT molecular complexity index is 877. The van der Waals surface area contributed by atoms with E-state index in [0.717, 1.165) is 4.90 Å². The molecule has 1 aromatic carbocycles. The number of nitrogens with one attached hydrogen (secondary N) is 1. The van der Waals surface area contributed by atoms with E-state index in [9.17, 15) is 26.7 Å². The van der Waals surface area contributed by atoms with Gasteiger partial charge in [0, 0.05) is 25.4 Å². The van der Waals surface area contributed by atoms with E-state index in [0.29, 0.717) is 18.0 Å². The van der Waals surface area contributed by atoms with Crippen LogP contribution in [0.1, 0.15) is 24.5 Å². The molecular formula is C20H21F5N4O2. The molecule has 0 aliphatic carbocycles. The van der Waals surface area contributed by atoms with Gasteiger partial charge in [-0.2, -0.15) is 13.2 Å². The Kier molecular flexibility index (Phi) is 6.61. The number of alkyl halides is 5. The average Bonchev–Trinajstić information content (AvgIpc) is 2.71. The quantitative estimate of drug-likeness (QED) is 0.684. The zero-order valence-electron chi connectivity index (χ0n) is 16.6. The van der Waals surface area contributed by atoms with Crippen molar-refractivity contribution in [2.24, 2.45) is 5.92 Å². The van der Waals surface area contributed by atoms with Crippen LogP contribution in [-0.4, -0.2) is 46.0 Å². The summed E-state index contributed by atoms with van der Waals surface area (Å²) >= 11 is 0. The Morgan fingerprint density at radius 3 is 2.48 bits per heavy atom. The molecule has 31 heavy (non-hydrogen) atoms. The van der Waals surface area contributed by atoms with Crippen molar-refractivity contribution in [1.29, 1.82) is 0 Å². The fraction of sp³-hybridized carbons (Fsp3) is 0.450. The normalized spacial score (nSPS) is 20.9. The summed E-state index contributed by atoms with van der Waals surface area (Å²) < 4.78 is 71.3. The van der Waals surface area contributed by atoms with Crippen LogP contribution < -0.4 is 5.32 Å². The number of piperidine rings is 1. The summed E-state index contributed by atoms with van der Waals surface area (Å²) in [5.74, 6) is -3.78. The number of anilines is 1. The molecule has 11 heteroatoms. The molecule has 1 aliphatic rings. The molecule has 6 nitrogen and oxygen atoms in total. The number of nitrogens with zero attached hydrogens (tertiary/aromatic N) is 3. The molecule has 168 valence electrons. The molecule has 1 fully saturated rings. The van der Waals surface area contributed by atoms with Crippen LogP contribution in [0.5, 0.6) is 0 Å². The van der Waals surface area contributed by atoms with Crippen molar-refractivity contribution in [1.82, 2.24) is 14.9 Å². The van der Waals surface area contributed by atoms with Crippen molar-refractivity contribution in [2.45, 2.75) is 38.1 Å². The number of rotatable bonds is 5. The van der Waals surface area contributed by atoms with Gasteiger partial charge in [-0.1, -0.05) is 37.3 Å². The maximum atomic E-state index is 14.1. The Balaban J connectivity index is 1.67. The van der Waals surface area contributed by atoms with E-state index < -0.39 is 48.7 Å². The first-order valence-electron chi connectivity index (χ1n) is 9.53. The van der Waals surface area contributed by atoms with Gasteiger partial charge < -0.3 is 10.1 Å². The SMILES string of the molecule is C[C@@H]1CC(F)(F)CN(C(=O)OCc2ccccc2)C1CNc1ncc(C(F)(F)F)cn1. The fourth-order valence-corrected chi connectivity index (χ4v) is 3.42. The molecule has 2 heterocycles. The second-order valence-electron chi connectivity index (χ2n) is 7.45. The number of likely N-dealkylation sites (tertiary alicyclic amines) is 1. The van der Waals surface area contributed by atoms with E-state index >= 15 is 0 Å². The third-order valence-electron chi connectivity index (χ3n) is 4.97. The number of hydrogen-bond donors (Lipinski definition) is 1. The first kappa shape index (κ1) is 22.7. The minimum absolute atomic E-state index is 0.0248. The molecule has 1 amide bonds. The Morgan fingerprint density at radius 1 is 1.23 bits per heavy atom. The van der Waals surface area contributed by atoms with Crippen LogP contribution in [0.25, 0.3) is 0 Å². The minimum atomic E-state index is -4.57. The van der Waals surface area contributed by atoms with Crippen LogP contribution in [0.2, 0.25) is 0 Å². The van der Waals surface area contributed by atoms with Crippen molar-refractivity contribution in [2.75, 3.05) is 18.4 Å². The molecule has 3 rings (SSSR count). The number of hydrogen-bond acceptors (Lipinski definition) is 5. The van der Waals surface area contributed by atoms with Gasteiger partial charge in [-0.05, 0) is 11.5 Å². The number of amides is 1. The number of ether oxygens (including phenoxy) is 1. The summed E-state index contributed by atoms with van der Waals surface area (Å²) in [6.07, 6.45) is -4.65. The van der Waals surface area contributed by atoms with Gasteiger partial charge in [-0.15, -0.1) is 0 Å². The van der Waals surface area contributed by atoms with Crippen LogP contribution >= 0.6 is 0 Å². The standard InChI is InChI=1S/C20H21F5N4O2/c1-13-7-19(21,22)12-29(18(30)31-11-14-5-3-2-4-6-14)16(13)10-28-17-26-8-15(9-27-17)20(23,24)25/h2-6,8-9,13,16H,7,10-12H2,1H3,(H,26,27,28)/t13-,16?/m1/s1. The van der Waals surface area contributed by atoms with Gasteiger partial charge >= 0.3 is 12.3 Å². The highest BCUT2D eigenvalue weighted by Gasteiger charge is 2.46. The first-order chi connectivity index (χ1) is 14.5. The molecule has 0 spiro atoms. The topological polar surface area (TPSA) is 67.3 Å². The zero-order chi connectivity index (χ0) is 22.6. The number of halogens is 5. The summed E-state index contributed by atoms with van der Waals surface area (Å²) in [5.41, 5.74) is -0.296. The smallest absolute Gasteiger partial charge is 0.419 e. The van der Waals surface area contributed by atoms with E-state index in [2.05, 4.69) is 15.3 Å². The van der Waals surface area contributed by atoms with Crippen molar-refractivity contribution < 1.29 is 31.5 Å². The molecule has 0 bridgehead atoms. The molecule has 1 unspecified atom stereocenters. The summed E-state index contributed by atoms with van der Waals surface area (Å²) in [5, 5.41) is 2.73. The minimum Gasteiger partial charge on any atom is -0.445 e. The van der Waals surface area contributed by atoms with E-state index in [1.165, 1.54) is 0 Å². The fourth-order valence-electron chi connectivity index (χ4n) is 3.42. The maximum Gasteiger partial charge on any atom is 0.419 e. The highest BCUT2D eigenvalue weighted by molar-refractivity contribution is 5.68. The van der Waals surface area contributed by atoms with E-state index in [1.807, 2.05) is 0 Å². The predicted octanol–water partition coefficient (Wildman–Crippen LogP) is 4.59. The lowest BCUT2D eigenvalue weighted by Gasteiger charge is -2.42. The Labute approximate surface area is 175 Å². The molecule has 0 radical (unpaired) electrons. The molecule has 1 aliphatic heterocycles. The summed E-state index contributed by atoms with van der Waals surface area (Å²) in [7, 11) is 0. The third kappa shape index (κ3) is 6.02. The molecule has 2 atom stereocenters. The zero-order valence-corrected chi connectivity index (χ0v) is 16.6. The van der Waals surface area contributed by atoms with Crippen LogP contribution in [0.15, 0.2) is 42.7 Å². The van der Waals surface area contributed by atoms with Crippen LogP contribution in [0.4, 0.5) is 32.7 Å². The molecule has 2 aromatic rings. The molecule has 1 saturated heterocycles. The second-order valence-corrected chi connectivity index (χ2v) is 7.45. The Hall–Kier alpha value is -2.98. The highest BCUT2D eigenvalue weighted by Crippen LogP contribution is 2.35. The summed E-state index contributed by atoms with van der Waals surface area (Å²) in [6, 6.07) is 8.11. The van der Waals surface area contributed by atoms with Gasteiger partial charge in [0.1, 0.15) is 6.61 Å².